The van der Waals surface area contributed by atoms with Crippen LogP contribution in [0.3, 0.4) is 0 Å². The number of rotatable bonds is 0. The van der Waals surface area contributed by atoms with E-state index in [-0.39, 0.29) is 5.60 Å². The van der Waals surface area contributed by atoms with E-state index in [0.29, 0.717) is 18.3 Å². The first-order valence-corrected chi connectivity index (χ1v) is 6.05. The molecule has 0 spiro atoms. The second kappa shape index (κ2) is 1.69. The van der Waals surface area contributed by atoms with Crippen molar-refractivity contribution < 1.29 is 9.47 Å². The maximum absolute atomic E-state index is 5.87. The van der Waals surface area contributed by atoms with E-state index in [2.05, 4.69) is 13.8 Å². The highest BCUT2D eigenvalue weighted by Gasteiger charge is 2.80. The summed E-state index contributed by atoms with van der Waals surface area (Å²) in [6.07, 6.45) is 3.25. The van der Waals surface area contributed by atoms with Gasteiger partial charge in [0.2, 0.25) is 0 Å². The van der Waals surface area contributed by atoms with E-state index in [9.17, 15) is 0 Å². The lowest BCUT2D eigenvalue weighted by atomic mass is 9.77. The molecule has 2 aliphatic heterocycles. The van der Waals surface area contributed by atoms with Crippen LogP contribution in [0.15, 0.2) is 0 Å². The molecule has 0 N–H and O–H groups in total. The molecule has 0 amide bonds. The summed E-state index contributed by atoms with van der Waals surface area (Å²) >= 11 is 0. The maximum Gasteiger partial charge on any atom is 0.0955 e. The molecular weight excluding hydrogens is 176 g/mol. The van der Waals surface area contributed by atoms with Gasteiger partial charge in [0.25, 0.3) is 0 Å². The van der Waals surface area contributed by atoms with Gasteiger partial charge in [-0.3, -0.25) is 0 Å². The van der Waals surface area contributed by atoms with E-state index in [1.807, 2.05) is 0 Å². The van der Waals surface area contributed by atoms with Gasteiger partial charge in [-0.1, -0.05) is 6.92 Å². The van der Waals surface area contributed by atoms with Crippen LogP contribution in [-0.4, -0.2) is 23.9 Å². The van der Waals surface area contributed by atoms with Crippen LogP contribution in [0.4, 0.5) is 0 Å². The number of hydrogen-bond acceptors (Lipinski definition) is 2. The topological polar surface area (TPSA) is 25.1 Å². The molecule has 5 aliphatic rings. The predicted molar refractivity (Wildman–Crippen MR) is 49.7 cm³/mol. The lowest BCUT2D eigenvalue weighted by Gasteiger charge is -2.26. The van der Waals surface area contributed by atoms with Crippen LogP contribution < -0.4 is 0 Å². The van der Waals surface area contributed by atoms with Gasteiger partial charge in [0.05, 0.1) is 23.9 Å². The van der Waals surface area contributed by atoms with Crippen molar-refractivity contribution >= 4 is 0 Å². The maximum atomic E-state index is 5.87. The Bertz CT molecular complexity index is 341. The van der Waals surface area contributed by atoms with Crippen LogP contribution in [0.2, 0.25) is 0 Å². The lowest BCUT2D eigenvalue weighted by molar-refractivity contribution is 0.112. The van der Waals surface area contributed by atoms with Crippen molar-refractivity contribution in [3.63, 3.8) is 0 Å². The van der Waals surface area contributed by atoms with Gasteiger partial charge in [-0.25, -0.2) is 0 Å². The minimum absolute atomic E-state index is 0.273. The third-order valence-corrected chi connectivity index (χ3v) is 6.03. The summed E-state index contributed by atoms with van der Waals surface area (Å²) in [7, 11) is 0. The molecule has 9 unspecified atom stereocenters. The number of ether oxygens (including phenoxy) is 2. The molecule has 2 saturated heterocycles. The zero-order valence-corrected chi connectivity index (χ0v) is 8.64. The lowest BCUT2D eigenvalue weighted by Crippen LogP contribution is -2.33. The third kappa shape index (κ3) is 0.508. The van der Waals surface area contributed by atoms with Crippen LogP contribution in [0, 0.1) is 29.6 Å². The molecule has 76 valence electrons. The van der Waals surface area contributed by atoms with E-state index in [0.717, 1.165) is 29.6 Å². The molecule has 3 saturated carbocycles. The van der Waals surface area contributed by atoms with E-state index in [1.165, 1.54) is 6.42 Å². The predicted octanol–water partition coefficient (Wildman–Crippen LogP) is 1.44. The molecule has 2 heterocycles. The first kappa shape index (κ1) is 7.24. The Morgan fingerprint density at radius 2 is 2.00 bits per heavy atom. The Morgan fingerprint density at radius 3 is 2.86 bits per heavy atom. The molecule has 2 nitrogen and oxygen atoms in total. The molecule has 2 bridgehead atoms. The van der Waals surface area contributed by atoms with E-state index in [4.69, 9.17) is 9.47 Å². The van der Waals surface area contributed by atoms with Gasteiger partial charge in [-0.2, -0.15) is 0 Å². The number of hydrogen-bond donors (Lipinski definition) is 0. The molecule has 0 aromatic rings. The quantitative estimate of drug-likeness (QED) is 0.543. The van der Waals surface area contributed by atoms with Gasteiger partial charge >= 0.3 is 0 Å². The average molecular weight is 192 g/mol. The second-order valence-corrected chi connectivity index (χ2v) is 6.29. The molecule has 3 aliphatic carbocycles. The van der Waals surface area contributed by atoms with Gasteiger partial charge in [-0.05, 0) is 42.9 Å². The fourth-order valence-corrected chi connectivity index (χ4v) is 5.51. The van der Waals surface area contributed by atoms with Crippen LogP contribution in [0.25, 0.3) is 0 Å². The Hall–Kier alpha value is -0.0800. The van der Waals surface area contributed by atoms with Gasteiger partial charge in [0.1, 0.15) is 0 Å². The molecule has 0 radical (unpaired) electrons. The van der Waals surface area contributed by atoms with Gasteiger partial charge in [-0.15, -0.1) is 0 Å². The van der Waals surface area contributed by atoms with Crippen LogP contribution >= 0.6 is 0 Å². The first-order valence-electron chi connectivity index (χ1n) is 6.05. The van der Waals surface area contributed by atoms with Crippen LogP contribution in [0.1, 0.15) is 20.3 Å². The minimum atomic E-state index is 0.273. The molecule has 2 heteroatoms. The molecule has 5 fully saturated rings. The summed E-state index contributed by atoms with van der Waals surface area (Å²) in [6, 6.07) is 0. The van der Waals surface area contributed by atoms with Crippen molar-refractivity contribution in [3.05, 3.63) is 0 Å². The fraction of sp³-hybridized carbons (Fsp3) is 1.00. The highest BCUT2D eigenvalue weighted by Crippen LogP contribution is 2.74. The highest BCUT2D eigenvalue weighted by atomic mass is 16.6. The SMILES string of the molecule is CC1C2C3CC4OC4(C)C3C1C1OC12. The van der Waals surface area contributed by atoms with E-state index in [1.54, 1.807) is 0 Å². The zero-order chi connectivity index (χ0) is 9.24. The summed E-state index contributed by atoms with van der Waals surface area (Å²) in [6.45, 7) is 4.79. The molecule has 14 heavy (non-hydrogen) atoms. The van der Waals surface area contributed by atoms with Crippen molar-refractivity contribution in [3.8, 4) is 0 Å². The molecule has 0 aromatic carbocycles. The largest absolute Gasteiger partial charge is 0.369 e. The minimum Gasteiger partial charge on any atom is -0.369 e. The van der Waals surface area contributed by atoms with Crippen molar-refractivity contribution in [1.82, 2.24) is 0 Å². The molecule has 0 aromatic heterocycles. The smallest absolute Gasteiger partial charge is 0.0955 e. The average Bonchev–Trinajstić information content (AvgIpc) is 2.96. The Labute approximate surface area is 84.0 Å². The summed E-state index contributed by atoms with van der Waals surface area (Å²) in [5.74, 6) is 4.44. The number of fused-ring (bicyclic) bond motifs is 10. The summed E-state index contributed by atoms with van der Waals surface area (Å²) in [5, 5.41) is 0. The van der Waals surface area contributed by atoms with Crippen molar-refractivity contribution in [2.45, 2.75) is 44.2 Å². The Balaban J connectivity index is 1.66. The van der Waals surface area contributed by atoms with Crippen LogP contribution in [-0.2, 0) is 9.47 Å². The molecule has 5 rings (SSSR count). The van der Waals surface area contributed by atoms with Gasteiger partial charge in [0, 0.05) is 0 Å². The third-order valence-electron chi connectivity index (χ3n) is 6.03. The van der Waals surface area contributed by atoms with Crippen molar-refractivity contribution in [1.29, 1.82) is 0 Å². The summed E-state index contributed by atoms with van der Waals surface area (Å²) < 4.78 is 11.7. The normalized spacial score (nSPS) is 81.0. The molecule has 9 atom stereocenters. The van der Waals surface area contributed by atoms with Crippen LogP contribution in [0.5, 0.6) is 0 Å². The molecular formula is C12H16O2. The summed E-state index contributed by atoms with van der Waals surface area (Å²) in [5.41, 5.74) is 0.273. The number of epoxide rings is 2. The van der Waals surface area contributed by atoms with Gasteiger partial charge in [0.15, 0.2) is 0 Å². The monoisotopic (exact) mass is 192 g/mol. The Kier molecular flexibility index (Phi) is 0.875. The Morgan fingerprint density at radius 1 is 1.21 bits per heavy atom. The van der Waals surface area contributed by atoms with Crippen molar-refractivity contribution in [2.24, 2.45) is 29.6 Å². The van der Waals surface area contributed by atoms with E-state index >= 15 is 0 Å². The zero-order valence-electron chi connectivity index (χ0n) is 8.64. The standard InChI is InChI=1S/C12H16O2/c1-4-7-5-3-6-12(2,14-6)9(5)8(4)11-10(7)13-11/h4-11H,3H2,1-2H3. The highest BCUT2D eigenvalue weighted by molar-refractivity contribution is 5.27. The van der Waals surface area contributed by atoms with E-state index < -0.39 is 0 Å². The summed E-state index contributed by atoms with van der Waals surface area (Å²) in [4.78, 5) is 0. The van der Waals surface area contributed by atoms with Gasteiger partial charge < -0.3 is 9.47 Å². The second-order valence-electron chi connectivity index (χ2n) is 6.29. The first-order chi connectivity index (χ1) is 6.72. The fourth-order valence-electron chi connectivity index (χ4n) is 5.51. The van der Waals surface area contributed by atoms with Crippen molar-refractivity contribution in [2.75, 3.05) is 0 Å².